The minimum Gasteiger partial charge on any atom is -0.490 e. The van der Waals surface area contributed by atoms with Gasteiger partial charge < -0.3 is 9.84 Å². The molecule has 0 fully saturated rings. The lowest BCUT2D eigenvalue weighted by atomic mass is 10.1. The number of halogens is 1. The molecule has 0 saturated heterocycles. The lowest BCUT2D eigenvalue weighted by Gasteiger charge is -2.10. The molecule has 0 heterocycles. The number of carboxylic acid groups (broad SMARTS) is 1. The van der Waals surface area contributed by atoms with Crippen molar-refractivity contribution >= 4 is 5.97 Å². The monoisotopic (exact) mass is 352 g/mol. The van der Waals surface area contributed by atoms with Crippen LogP contribution in [0.2, 0.25) is 0 Å². The minimum absolute atomic E-state index is 0.112. The maximum atomic E-state index is 13.7. The van der Waals surface area contributed by atoms with Crippen molar-refractivity contribution in [2.75, 3.05) is 6.61 Å². The van der Waals surface area contributed by atoms with Crippen LogP contribution in [0.1, 0.15) is 94.3 Å². The van der Waals surface area contributed by atoms with Crippen LogP contribution in [0.3, 0.4) is 0 Å². The van der Waals surface area contributed by atoms with Gasteiger partial charge in [0.25, 0.3) is 0 Å². The molecule has 0 aromatic heterocycles. The molecule has 0 atom stereocenters. The van der Waals surface area contributed by atoms with Crippen molar-refractivity contribution in [1.82, 2.24) is 0 Å². The number of aromatic carboxylic acids is 1. The molecule has 0 spiro atoms. The molecule has 1 N–H and O–H groups in total. The maximum Gasteiger partial charge on any atom is 0.339 e. The summed E-state index contributed by atoms with van der Waals surface area (Å²) in [5.74, 6) is -1.92. The van der Waals surface area contributed by atoms with Crippen molar-refractivity contribution in [3.63, 3.8) is 0 Å². The summed E-state index contributed by atoms with van der Waals surface area (Å²) in [5.41, 5.74) is -0.112. The summed E-state index contributed by atoms with van der Waals surface area (Å²) in [6.07, 6.45) is 15.0. The lowest BCUT2D eigenvalue weighted by Crippen LogP contribution is -2.06. The fourth-order valence-electron chi connectivity index (χ4n) is 2.94. The van der Waals surface area contributed by atoms with Gasteiger partial charge in [0.15, 0.2) is 11.6 Å². The van der Waals surface area contributed by atoms with Crippen molar-refractivity contribution in [1.29, 1.82) is 0 Å². The maximum absolute atomic E-state index is 13.7. The highest BCUT2D eigenvalue weighted by Gasteiger charge is 2.15. The van der Waals surface area contributed by atoms with Crippen molar-refractivity contribution in [2.24, 2.45) is 0 Å². The predicted octanol–water partition coefficient (Wildman–Crippen LogP) is 6.60. The van der Waals surface area contributed by atoms with Gasteiger partial charge in [-0.05, 0) is 18.6 Å². The number of unbranched alkanes of at least 4 members (excludes halogenated alkanes) is 11. The lowest BCUT2D eigenvalue weighted by molar-refractivity contribution is 0.0691. The fourth-order valence-corrected chi connectivity index (χ4v) is 2.94. The first-order valence-electron chi connectivity index (χ1n) is 9.81. The Morgan fingerprint density at radius 3 is 1.96 bits per heavy atom. The van der Waals surface area contributed by atoms with Crippen LogP contribution < -0.4 is 4.74 Å². The molecule has 142 valence electrons. The summed E-state index contributed by atoms with van der Waals surface area (Å²) < 4.78 is 19.0. The Hall–Kier alpha value is -1.58. The molecular formula is C21H33FO3. The molecule has 0 aliphatic carbocycles. The van der Waals surface area contributed by atoms with E-state index in [2.05, 4.69) is 6.92 Å². The van der Waals surface area contributed by atoms with E-state index >= 15 is 0 Å². The van der Waals surface area contributed by atoms with Gasteiger partial charge in [0.1, 0.15) is 5.56 Å². The van der Waals surface area contributed by atoms with Gasteiger partial charge >= 0.3 is 5.97 Å². The minimum atomic E-state index is -1.16. The van der Waals surface area contributed by atoms with Crippen LogP contribution in [-0.2, 0) is 0 Å². The fraction of sp³-hybridized carbons (Fsp3) is 0.667. The number of hydrogen-bond donors (Lipinski definition) is 1. The Bertz CT molecular complexity index is 488. The third-order valence-electron chi connectivity index (χ3n) is 4.44. The van der Waals surface area contributed by atoms with E-state index in [-0.39, 0.29) is 11.3 Å². The zero-order valence-electron chi connectivity index (χ0n) is 15.6. The molecule has 1 aromatic carbocycles. The summed E-state index contributed by atoms with van der Waals surface area (Å²) >= 11 is 0. The van der Waals surface area contributed by atoms with E-state index in [1.54, 1.807) is 0 Å². The summed E-state index contributed by atoms with van der Waals surface area (Å²) in [7, 11) is 0. The first kappa shape index (κ1) is 21.5. The van der Waals surface area contributed by atoms with Gasteiger partial charge in [-0.15, -0.1) is 0 Å². The van der Waals surface area contributed by atoms with Crippen LogP contribution in [0.15, 0.2) is 18.2 Å². The SMILES string of the molecule is CCCCCCCCCCCCCCOc1c(F)cccc1C(=O)O. The largest absolute Gasteiger partial charge is 0.490 e. The van der Waals surface area contributed by atoms with Crippen molar-refractivity contribution < 1.29 is 19.0 Å². The van der Waals surface area contributed by atoms with E-state index in [4.69, 9.17) is 9.84 Å². The van der Waals surface area contributed by atoms with E-state index in [1.165, 1.54) is 76.0 Å². The Labute approximate surface area is 151 Å². The van der Waals surface area contributed by atoms with E-state index < -0.39 is 11.8 Å². The highest BCUT2D eigenvalue weighted by atomic mass is 19.1. The number of rotatable bonds is 15. The van der Waals surface area contributed by atoms with Gasteiger partial charge in [0.05, 0.1) is 6.61 Å². The Kier molecular flexibility index (Phi) is 11.7. The van der Waals surface area contributed by atoms with Crippen molar-refractivity contribution in [3.05, 3.63) is 29.6 Å². The summed E-state index contributed by atoms with van der Waals surface area (Å²) in [4.78, 5) is 11.1. The molecule has 1 rings (SSSR count). The third-order valence-corrected chi connectivity index (χ3v) is 4.44. The number of carbonyl (C=O) groups is 1. The number of hydrogen-bond acceptors (Lipinski definition) is 2. The molecule has 0 saturated carbocycles. The second-order valence-corrected chi connectivity index (χ2v) is 6.66. The molecule has 0 unspecified atom stereocenters. The van der Waals surface area contributed by atoms with E-state index in [0.29, 0.717) is 6.61 Å². The molecular weight excluding hydrogens is 319 g/mol. The molecule has 25 heavy (non-hydrogen) atoms. The standard InChI is InChI=1S/C21H33FO3/c1-2-3-4-5-6-7-8-9-10-11-12-13-17-25-20-18(21(23)24)15-14-16-19(20)22/h14-16H,2-13,17H2,1H3,(H,23,24). The molecule has 0 radical (unpaired) electrons. The molecule has 4 heteroatoms. The smallest absolute Gasteiger partial charge is 0.339 e. The molecule has 0 bridgehead atoms. The van der Waals surface area contributed by atoms with Crippen LogP contribution in [0.5, 0.6) is 5.75 Å². The zero-order chi connectivity index (χ0) is 18.3. The normalized spacial score (nSPS) is 10.8. The summed E-state index contributed by atoms with van der Waals surface area (Å²) in [6.45, 7) is 2.60. The predicted molar refractivity (Wildman–Crippen MR) is 99.9 cm³/mol. The zero-order valence-corrected chi connectivity index (χ0v) is 15.6. The summed E-state index contributed by atoms with van der Waals surface area (Å²) in [5, 5.41) is 9.05. The second kappa shape index (κ2) is 13.7. The van der Waals surface area contributed by atoms with E-state index in [9.17, 15) is 9.18 Å². The van der Waals surface area contributed by atoms with Crippen LogP contribution in [0, 0.1) is 5.82 Å². The van der Waals surface area contributed by atoms with E-state index in [0.717, 1.165) is 19.3 Å². The van der Waals surface area contributed by atoms with Gasteiger partial charge in [-0.25, -0.2) is 9.18 Å². The quantitative estimate of drug-likeness (QED) is 0.362. The highest BCUT2D eigenvalue weighted by Crippen LogP contribution is 2.23. The van der Waals surface area contributed by atoms with Crippen LogP contribution in [-0.4, -0.2) is 17.7 Å². The topological polar surface area (TPSA) is 46.5 Å². The van der Waals surface area contributed by atoms with Crippen LogP contribution in [0.25, 0.3) is 0 Å². The average molecular weight is 352 g/mol. The number of para-hydroxylation sites is 1. The van der Waals surface area contributed by atoms with Gasteiger partial charge in [-0.3, -0.25) is 0 Å². The first-order valence-corrected chi connectivity index (χ1v) is 9.81. The first-order chi connectivity index (χ1) is 12.2. The average Bonchev–Trinajstić information content (AvgIpc) is 2.59. The number of benzene rings is 1. The van der Waals surface area contributed by atoms with Gasteiger partial charge in [-0.1, -0.05) is 83.6 Å². The Morgan fingerprint density at radius 2 is 1.44 bits per heavy atom. The van der Waals surface area contributed by atoms with E-state index in [1.807, 2.05) is 0 Å². The number of carboxylic acids is 1. The molecule has 3 nitrogen and oxygen atoms in total. The van der Waals surface area contributed by atoms with Gasteiger partial charge in [0.2, 0.25) is 0 Å². The Morgan fingerprint density at radius 1 is 0.920 bits per heavy atom. The second-order valence-electron chi connectivity index (χ2n) is 6.66. The third kappa shape index (κ3) is 9.47. The molecule has 0 aliphatic heterocycles. The highest BCUT2D eigenvalue weighted by molar-refractivity contribution is 5.90. The van der Waals surface area contributed by atoms with Crippen molar-refractivity contribution in [2.45, 2.75) is 84.0 Å². The van der Waals surface area contributed by atoms with Crippen LogP contribution in [0.4, 0.5) is 4.39 Å². The van der Waals surface area contributed by atoms with Crippen LogP contribution >= 0.6 is 0 Å². The van der Waals surface area contributed by atoms with Gasteiger partial charge in [-0.2, -0.15) is 0 Å². The molecule has 1 aromatic rings. The van der Waals surface area contributed by atoms with Gasteiger partial charge in [0, 0.05) is 0 Å². The number of ether oxygens (including phenoxy) is 1. The summed E-state index contributed by atoms with van der Waals surface area (Å²) in [6, 6.07) is 3.97. The van der Waals surface area contributed by atoms with Crippen molar-refractivity contribution in [3.8, 4) is 5.75 Å². The molecule has 0 aliphatic rings. The Balaban J connectivity index is 2.02. The molecule has 0 amide bonds.